The van der Waals surface area contributed by atoms with E-state index in [0.29, 0.717) is 20.3 Å². The van der Waals surface area contributed by atoms with Gasteiger partial charge >= 0.3 is 0 Å². The van der Waals surface area contributed by atoms with E-state index in [0.717, 1.165) is 11.1 Å². The summed E-state index contributed by atoms with van der Waals surface area (Å²) in [4.78, 5) is 4.82. The van der Waals surface area contributed by atoms with Gasteiger partial charge in [-0.1, -0.05) is 24.3 Å². The number of nitrogens with zero attached hydrogens (tertiary/aromatic N) is 1. The van der Waals surface area contributed by atoms with E-state index in [2.05, 4.69) is 4.99 Å². The first-order chi connectivity index (χ1) is 14.1. The van der Waals surface area contributed by atoms with Crippen LogP contribution in [-0.4, -0.2) is 26.5 Å². The predicted octanol–water partition coefficient (Wildman–Crippen LogP) is 3.47. The summed E-state index contributed by atoms with van der Waals surface area (Å²) >= 11 is 2.53. The normalized spacial score (nSPS) is 11.3. The Bertz CT molecular complexity index is 1240. The Labute approximate surface area is 183 Å². The zero-order valence-corrected chi connectivity index (χ0v) is 18.8. The van der Waals surface area contributed by atoms with Crippen LogP contribution in [0.3, 0.4) is 0 Å². The summed E-state index contributed by atoms with van der Waals surface area (Å²) in [6, 6.07) is 13.9. The minimum atomic E-state index is -3.80. The van der Waals surface area contributed by atoms with E-state index < -0.39 is 9.84 Å². The number of thioether (sulfide) groups is 1. The van der Waals surface area contributed by atoms with Gasteiger partial charge < -0.3 is 17.2 Å². The van der Waals surface area contributed by atoms with E-state index in [4.69, 9.17) is 22.6 Å². The van der Waals surface area contributed by atoms with Crippen molar-refractivity contribution in [3.8, 4) is 11.1 Å². The Morgan fingerprint density at radius 3 is 2.30 bits per heavy atom. The summed E-state index contributed by atoms with van der Waals surface area (Å²) < 4.78 is 27.5. The molecule has 0 aliphatic rings. The van der Waals surface area contributed by atoms with Crippen LogP contribution in [-0.2, 0) is 9.84 Å². The minimum Gasteiger partial charge on any atom is -0.383 e. The van der Waals surface area contributed by atoms with Gasteiger partial charge in [-0.25, -0.2) is 13.4 Å². The number of nitrogens with two attached hydrogens (primary N) is 3. The molecule has 7 N–H and O–H groups in total. The van der Waals surface area contributed by atoms with Crippen molar-refractivity contribution in [3.63, 3.8) is 0 Å². The maximum atomic E-state index is 13.5. The van der Waals surface area contributed by atoms with Gasteiger partial charge in [-0.3, -0.25) is 5.41 Å². The van der Waals surface area contributed by atoms with Crippen LogP contribution in [0.5, 0.6) is 0 Å². The molecule has 0 saturated heterocycles. The number of rotatable bonds is 6. The number of sulfone groups is 1. The Hall–Kier alpha value is -2.82. The molecule has 0 amide bonds. The smallest absolute Gasteiger partial charge is 0.208 e. The molecule has 3 aromatic rings. The zero-order valence-electron chi connectivity index (χ0n) is 16.3. The largest absolute Gasteiger partial charge is 0.383 e. The van der Waals surface area contributed by atoms with E-state index in [-0.39, 0.29) is 21.6 Å². The van der Waals surface area contributed by atoms with Crippen molar-refractivity contribution in [1.82, 2.24) is 0 Å². The van der Waals surface area contributed by atoms with E-state index in [1.54, 1.807) is 37.4 Å². The highest BCUT2D eigenvalue weighted by Gasteiger charge is 2.27. The molecule has 0 unspecified atom stereocenters. The van der Waals surface area contributed by atoms with Crippen LogP contribution < -0.4 is 17.2 Å². The molecule has 30 heavy (non-hydrogen) atoms. The number of aliphatic imine (C=N–C) groups is 1. The molecular weight excluding hydrogens is 438 g/mol. The lowest BCUT2D eigenvalue weighted by Crippen LogP contribution is -2.21. The Balaban J connectivity index is 2.11. The molecule has 0 fully saturated rings. The summed E-state index contributed by atoms with van der Waals surface area (Å²) in [5, 5.41) is 7.64. The lowest BCUT2D eigenvalue weighted by atomic mass is 10.0. The molecular formula is C20H21N5O2S3. The topological polar surface area (TPSA) is 148 Å². The molecule has 0 aliphatic carbocycles. The molecule has 0 saturated carbocycles. The molecule has 156 valence electrons. The number of thiophene rings is 1. The number of benzene rings is 2. The van der Waals surface area contributed by atoms with E-state index >= 15 is 0 Å². The molecule has 7 nitrogen and oxygen atoms in total. The molecule has 1 heterocycles. The first-order valence-corrected chi connectivity index (χ1v) is 12.2. The molecule has 10 heteroatoms. The summed E-state index contributed by atoms with van der Waals surface area (Å²) in [5.41, 5.74) is 19.3. The van der Waals surface area contributed by atoms with Gasteiger partial charge in [-0.2, -0.15) is 0 Å². The maximum absolute atomic E-state index is 13.5. The van der Waals surface area contributed by atoms with Crippen LogP contribution in [0.4, 0.5) is 5.69 Å². The van der Waals surface area contributed by atoms with Crippen molar-refractivity contribution < 1.29 is 8.42 Å². The Kier molecular flexibility index (Phi) is 6.20. The highest BCUT2D eigenvalue weighted by Crippen LogP contribution is 2.39. The van der Waals surface area contributed by atoms with Gasteiger partial charge in [0, 0.05) is 0 Å². The number of guanidine groups is 1. The zero-order chi connectivity index (χ0) is 22.1. The van der Waals surface area contributed by atoms with Crippen LogP contribution in [0.2, 0.25) is 0 Å². The van der Waals surface area contributed by atoms with E-state index in [9.17, 15) is 8.42 Å². The molecule has 1 aromatic heterocycles. The SMILES string of the molecule is CSc1sc(C(=N)N)cc1S(=O)(=O)c1cccc(-c2ccc(N=C(N)N)cc2)c1C. The van der Waals surface area contributed by atoms with Crippen molar-refractivity contribution in [3.05, 3.63) is 59.0 Å². The quantitative estimate of drug-likeness (QED) is 0.252. The monoisotopic (exact) mass is 459 g/mol. The van der Waals surface area contributed by atoms with Crippen LogP contribution in [0.1, 0.15) is 10.4 Å². The lowest BCUT2D eigenvalue weighted by molar-refractivity contribution is 0.594. The first-order valence-electron chi connectivity index (χ1n) is 8.72. The minimum absolute atomic E-state index is 0.0303. The third-order valence-electron chi connectivity index (χ3n) is 4.42. The van der Waals surface area contributed by atoms with Crippen LogP contribution in [0.15, 0.2) is 67.5 Å². The average Bonchev–Trinajstić information content (AvgIpc) is 3.14. The van der Waals surface area contributed by atoms with Gasteiger partial charge in [0.05, 0.1) is 24.6 Å². The molecule has 0 spiro atoms. The van der Waals surface area contributed by atoms with Gasteiger partial charge in [0.25, 0.3) is 0 Å². The summed E-state index contributed by atoms with van der Waals surface area (Å²) in [6.45, 7) is 1.78. The highest BCUT2D eigenvalue weighted by atomic mass is 32.2. The number of nitrogens with one attached hydrogen (secondary N) is 1. The second-order valence-electron chi connectivity index (χ2n) is 6.40. The maximum Gasteiger partial charge on any atom is 0.208 e. The van der Waals surface area contributed by atoms with Crippen molar-refractivity contribution in [1.29, 1.82) is 5.41 Å². The summed E-state index contributed by atoms with van der Waals surface area (Å²) in [5.74, 6) is -0.180. The Morgan fingerprint density at radius 2 is 1.73 bits per heavy atom. The van der Waals surface area contributed by atoms with Crippen LogP contribution >= 0.6 is 23.1 Å². The molecule has 0 aliphatic heterocycles. The van der Waals surface area contributed by atoms with Gasteiger partial charge in [0.1, 0.15) is 5.84 Å². The summed E-state index contributed by atoms with van der Waals surface area (Å²) in [7, 11) is -3.80. The van der Waals surface area contributed by atoms with E-state index in [1.165, 1.54) is 29.2 Å². The van der Waals surface area contributed by atoms with Gasteiger partial charge in [-0.15, -0.1) is 23.1 Å². The van der Waals surface area contributed by atoms with Gasteiger partial charge in [-0.05, 0) is 54.1 Å². The number of amidine groups is 1. The van der Waals surface area contributed by atoms with Crippen LogP contribution in [0.25, 0.3) is 11.1 Å². The third-order valence-corrected chi connectivity index (χ3v) is 8.90. The Morgan fingerprint density at radius 1 is 1.07 bits per heavy atom. The summed E-state index contributed by atoms with van der Waals surface area (Å²) in [6.07, 6.45) is 1.80. The van der Waals surface area contributed by atoms with Gasteiger partial charge in [0.15, 0.2) is 5.96 Å². The fraction of sp³-hybridized carbons (Fsp3) is 0.100. The molecule has 0 bridgehead atoms. The van der Waals surface area contributed by atoms with E-state index in [1.807, 2.05) is 18.2 Å². The van der Waals surface area contributed by atoms with Crippen molar-refractivity contribution in [2.24, 2.45) is 22.2 Å². The molecule has 3 rings (SSSR count). The molecule has 2 aromatic carbocycles. The third kappa shape index (κ3) is 4.20. The van der Waals surface area contributed by atoms with Crippen molar-refractivity contribution in [2.45, 2.75) is 20.9 Å². The molecule has 0 radical (unpaired) electrons. The van der Waals surface area contributed by atoms with Gasteiger partial charge in [0.2, 0.25) is 9.84 Å². The van der Waals surface area contributed by atoms with Crippen molar-refractivity contribution in [2.75, 3.05) is 6.26 Å². The first kappa shape index (κ1) is 21.9. The number of nitrogen functional groups attached to an aromatic ring is 1. The highest BCUT2D eigenvalue weighted by molar-refractivity contribution is 8.01. The average molecular weight is 460 g/mol. The fourth-order valence-corrected chi connectivity index (χ4v) is 7.14. The number of hydrogen-bond donors (Lipinski definition) is 4. The van der Waals surface area contributed by atoms with Crippen molar-refractivity contribution >= 4 is 50.4 Å². The lowest BCUT2D eigenvalue weighted by Gasteiger charge is -2.13. The fourth-order valence-electron chi connectivity index (χ4n) is 3.02. The molecule has 0 atom stereocenters. The second kappa shape index (κ2) is 8.50. The number of hydrogen-bond acceptors (Lipinski definition) is 6. The predicted molar refractivity (Wildman–Crippen MR) is 125 cm³/mol. The standard InChI is InChI=1S/C20H21N5O2S3/c1-11-14(12-6-8-13(9-7-12)25-20(23)24)4-3-5-16(11)30(26,27)17-10-15(18(21)22)29-19(17)28-2/h3-10H,1-2H3,(H3,21,22)(H4,23,24,25). The van der Waals surface area contributed by atoms with Crippen LogP contribution in [0, 0.1) is 12.3 Å². The second-order valence-corrected chi connectivity index (χ2v) is 10.4.